The van der Waals surface area contributed by atoms with Gasteiger partial charge in [0.2, 0.25) is 0 Å². The maximum absolute atomic E-state index is 9.83. The van der Waals surface area contributed by atoms with Crippen LogP contribution in [0.5, 0.6) is 0 Å². The molecular formula is C7H15NO3. The van der Waals surface area contributed by atoms with Crippen molar-refractivity contribution in [2.24, 2.45) is 5.41 Å². The molecule has 0 aromatic rings. The minimum absolute atomic E-state index is 0.0815. The molecule has 0 aromatic carbocycles. The zero-order chi connectivity index (χ0) is 8.91. The molecule has 0 aliphatic carbocycles. The van der Waals surface area contributed by atoms with Gasteiger partial charge in [-0.25, -0.2) is 0 Å². The fraction of sp³-hybridized carbons (Fsp3) is 1.00. The van der Waals surface area contributed by atoms with E-state index in [1.807, 2.05) is 20.8 Å². The van der Waals surface area contributed by atoms with Crippen molar-refractivity contribution in [1.29, 1.82) is 0 Å². The molecule has 0 spiro atoms. The summed E-state index contributed by atoms with van der Waals surface area (Å²) in [6.45, 7) is 6.15. The van der Waals surface area contributed by atoms with Crippen molar-refractivity contribution >= 4 is 0 Å². The highest BCUT2D eigenvalue weighted by Crippen LogP contribution is 2.21. The van der Waals surface area contributed by atoms with E-state index in [1.165, 1.54) is 0 Å². The van der Waals surface area contributed by atoms with Crippen LogP contribution < -0.4 is 0 Å². The van der Waals surface area contributed by atoms with Gasteiger partial charge in [0.25, 0.3) is 5.09 Å². The molecule has 0 heterocycles. The molecular weight excluding hydrogens is 146 g/mol. The monoisotopic (exact) mass is 161 g/mol. The summed E-state index contributed by atoms with van der Waals surface area (Å²) in [5, 5.41) is 9.09. The van der Waals surface area contributed by atoms with Crippen molar-refractivity contribution < 1.29 is 9.92 Å². The van der Waals surface area contributed by atoms with Crippen LogP contribution in [0.1, 0.15) is 33.6 Å². The second-order valence-electron chi connectivity index (χ2n) is 3.41. The Hall–Kier alpha value is -0.800. The van der Waals surface area contributed by atoms with E-state index < -0.39 is 5.09 Å². The van der Waals surface area contributed by atoms with Crippen LogP contribution >= 0.6 is 0 Å². The van der Waals surface area contributed by atoms with Gasteiger partial charge in [-0.3, -0.25) is 0 Å². The summed E-state index contributed by atoms with van der Waals surface area (Å²) in [4.78, 5) is 14.1. The molecule has 4 nitrogen and oxygen atoms in total. The number of hydrogen-bond acceptors (Lipinski definition) is 3. The van der Waals surface area contributed by atoms with Gasteiger partial charge in [0, 0.05) is 0 Å². The Kier molecular flexibility index (Phi) is 3.85. The normalized spacial score (nSPS) is 11.2. The van der Waals surface area contributed by atoms with Crippen molar-refractivity contribution in [1.82, 2.24) is 0 Å². The van der Waals surface area contributed by atoms with Crippen molar-refractivity contribution in [3.05, 3.63) is 10.1 Å². The second kappa shape index (κ2) is 4.16. The standard InChI is InChI=1S/C7H15NO3/c1-4-5-7(2,3)6-11-8(9)10/h4-6H2,1-3H3. The Morgan fingerprint density at radius 2 is 2.09 bits per heavy atom. The third-order valence-electron chi connectivity index (χ3n) is 1.49. The average Bonchev–Trinajstić information content (AvgIpc) is 1.84. The quantitative estimate of drug-likeness (QED) is 0.458. The van der Waals surface area contributed by atoms with Crippen molar-refractivity contribution in [2.45, 2.75) is 33.6 Å². The molecule has 0 saturated carbocycles. The Balaban J connectivity index is 3.63. The van der Waals surface area contributed by atoms with E-state index >= 15 is 0 Å². The topological polar surface area (TPSA) is 52.4 Å². The summed E-state index contributed by atoms with van der Waals surface area (Å²) in [7, 11) is 0. The van der Waals surface area contributed by atoms with Gasteiger partial charge >= 0.3 is 0 Å². The molecule has 0 amide bonds. The molecule has 4 heteroatoms. The lowest BCUT2D eigenvalue weighted by Gasteiger charge is -2.21. The van der Waals surface area contributed by atoms with Gasteiger partial charge in [0.15, 0.2) is 0 Å². The summed E-state index contributed by atoms with van der Waals surface area (Å²) in [6.07, 6.45) is 1.97. The second-order valence-corrected chi connectivity index (χ2v) is 3.41. The average molecular weight is 161 g/mol. The molecule has 0 N–H and O–H groups in total. The molecule has 0 radical (unpaired) electrons. The molecule has 66 valence electrons. The van der Waals surface area contributed by atoms with Crippen LogP contribution in [0.15, 0.2) is 0 Å². The summed E-state index contributed by atoms with van der Waals surface area (Å²) in [5.74, 6) is 0. The summed E-state index contributed by atoms with van der Waals surface area (Å²) in [5.41, 5.74) is -0.0815. The maximum atomic E-state index is 9.83. The number of nitrogens with zero attached hydrogens (tertiary/aromatic N) is 1. The van der Waals surface area contributed by atoms with Crippen LogP contribution in [-0.2, 0) is 4.84 Å². The summed E-state index contributed by atoms with van der Waals surface area (Å²) < 4.78 is 0. The Morgan fingerprint density at radius 1 is 1.55 bits per heavy atom. The third kappa shape index (κ3) is 5.63. The molecule has 0 rings (SSSR count). The number of hydrogen-bond donors (Lipinski definition) is 0. The van der Waals surface area contributed by atoms with Crippen LogP contribution in [0, 0.1) is 15.5 Å². The molecule has 0 fully saturated rings. The predicted molar refractivity (Wildman–Crippen MR) is 41.6 cm³/mol. The van der Waals surface area contributed by atoms with E-state index in [9.17, 15) is 10.1 Å². The molecule has 0 unspecified atom stereocenters. The highest BCUT2D eigenvalue weighted by Gasteiger charge is 2.18. The van der Waals surface area contributed by atoms with Crippen LogP contribution in [0.2, 0.25) is 0 Å². The van der Waals surface area contributed by atoms with Crippen LogP contribution in [-0.4, -0.2) is 11.7 Å². The lowest BCUT2D eigenvalue weighted by atomic mass is 9.89. The van der Waals surface area contributed by atoms with Gasteiger partial charge in [0.1, 0.15) is 6.61 Å². The van der Waals surface area contributed by atoms with E-state index in [0.29, 0.717) is 0 Å². The first kappa shape index (κ1) is 10.2. The molecule has 0 aliphatic rings. The van der Waals surface area contributed by atoms with Gasteiger partial charge in [0.05, 0.1) is 0 Å². The first-order valence-corrected chi connectivity index (χ1v) is 3.75. The molecule has 0 aliphatic heterocycles. The van der Waals surface area contributed by atoms with Gasteiger partial charge in [-0.1, -0.05) is 27.2 Å². The van der Waals surface area contributed by atoms with E-state index in [0.717, 1.165) is 12.8 Å². The van der Waals surface area contributed by atoms with Crippen molar-refractivity contribution in [2.75, 3.05) is 6.61 Å². The highest BCUT2D eigenvalue weighted by atomic mass is 16.9. The highest BCUT2D eigenvalue weighted by molar-refractivity contribution is 4.65. The lowest BCUT2D eigenvalue weighted by Crippen LogP contribution is -2.21. The van der Waals surface area contributed by atoms with Crippen LogP contribution in [0.3, 0.4) is 0 Å². The number of rotatable bonds is 5. The van der Waals surface area contributed by atoms with Gasteiger partial charge in [-0.2, -0.15) is 0 Å². The first-order chi connectivity index (χ1) is 4.98. The minimum atomic E-state index is -0.739. The molecule has 0 bridgehead atoms. The van der Waals surface area contributed by atoms with Gasteiger partial charge < -0.3 is 4.84 Å². The largest absolute Gasteiger partial charge is 0.313 e. The van der Waals surface area contributed by atoms with Crippen molar-refractivity contribution in [3.63, 3.8) is 0 Å². The Labute approximate surface area is 66.6 Å². The zero-order valence-corrected chi connectivity index (χ0v) is 7.29. The Bertz CT molecular complexity index is 134. The molecule has 0 atom stereocenters. The first-order valence-electron chi connectivity index (χ1n) is 3.75. The fourth-order valence-corrected chi connectivity index (χ4v) is 0.976. The van der Waals surface area contributed by atoms with E-state index in [2.05, 4.69) is 4.84 Å². The molecule has 0 saturated heterocycles. The van der Waals surface area contributed by atoms with Crippen LogP contribution in [0.25, 0.3) is 0 Å². The maximum Gasteiger partial charge on any atom is 0.294 e. The smallest absolute Gasteiger partial charge is 0.294 e. The molecule has 11 heavy (non-hydrogen) atoms. The van der Waals surface area contributed by atoms with E-state index in [-0.39, 0.29) is 12.0 Å². The minimum Gasteiger partial charge on any atom is -0.313 e. The summed E-state index contributed by atoms with van der Waals surface area (Å²) >= 11 is 0. The SMILES string of the molecule is CCCC(C)(C)CO[N+](=O)[O-]. The van der Waals surface area contributed by atoms with E-state index in [1.54, 1.807) is 0 Å². The van der Waals surface area contributed by atoms with E-state index in [4.69, 9.17) is 0 Å². The van der Waals surface area contributed by atoms with Gasteiger partial charge in [-0.15, -0.1) is 10.1 Å². The summed E-state index contributed by atoms with van der Waals surface area (Å²) in [6, 6.07) is 0. The predicted octanol–water partition coefficient (Wildman–Crippen LogP) is 2.02. The Morgan fingerprint density at radius 3 is 2.45 bits per heavy atom. The molecule has 0 aromatic heterocycles. The lowest BCUT2D eigenvalue weighted by molar-refractivity contribution is -0.760. The third-order valence-corrected chi connectivity index (χ3v) is 1.49. The zero-order valence-electron chi connectivity index (χ0n) is 7.29. The fourth-order valence-electron chi connectivity index (χ4n) is 0.976. The van der Waals surface area contributed by atoms with Crippen molar-refractivity contribution in [3.8, 4) is 0 Å². The van der Waals surface area contributed by atoms with Gasteiger partial charge in [-0.05, 0) is 11.8 Å². The van der Waals surface area contributed by atoms with Crippen LogP contribution in [0.4, 0.5) is 0 Å².